The maximum Gasteiger partial charge on any atom is 0.140 e. The highest BCUT2D eigenvalue weighted by molar-refractivity contribution is 9.10. The predicted octanol–water partition coefficient (Wildman–Crippen LogP) is 4.68. The van der Waals surface area contributed by atoms with Gasteiger partial charge in [-0.05, 0) is 63.8 Å². The molecule has 2 atom stereocenters. The molecular weight excluding hydrogens is 322 g/mol. The number of aryl methyl sites for hydroxylation is 1. The molecule has 0 spiro atoms. The first-order valence-corrected chi connectivity index (χ1v) is 8.06. The van der Waals surface area contributed by atoms with E-state index >= 15 is 0 Å². The predicted molar refractivity (Wildman–Crippen MR) is 84.8 cm³/mol. The van der Waals surface area contributed by atoms with Crippen LogP contribution in [0, 0.1) is 6.92 Å². The standard InChI is InChI=1S/C15H18BrNOS/c1-3-13(17)15(11-6-7-19-9-11)18-14-5-4-10(2)8-12(14)16/h4-9,13,15H,3,17H2,1-2H3. The third-order valence-corrected chi connectivity index (χ3v) is 4.39. The molecule has 1 heterocycles. The van der Waals surface area contributed by atoms with Crippen LogP contribution in [0.25, 0.3) is 0 Å². The molecule has 0 aliphatic carbocycles. The third-order valence-electron chi connectivity index (χ3n) is 3.07. The van der Waals surface area contributed by atoms with Crippen LogP contribution in [0.2, 0.25) is 0 Å². The topological polar surface area (TPSA) is 35.2 Å². The summed E-state index contributed by atoms with van der Waals surface area (Å²) >= 11 is 5.21. The van der Waals surface area contributed by atoms with Gasteiger partial charge < -0.3 is 10.5 Å². The van der Waals surface area contributed by atoms with Crippen molar-refractivity contribution >= 4 is 27.3 Å². The molecule has 0 fully saturated rings. The molecule has 1 aromatic heterocycles. The van der Waals surface area contributed by atoms with Crippen molar-refractivity contribution in [2.75, 3.05) is 0 Å². The second kappa shape index (κ2) is 6.55. The minimum Gasteiger partial charge on any atom is -0.483 e. The summed E-state index contributed by atoms with van der Waals surface area (Å²) in [7, 11) is 0. The molecule has 1 aromatic carbocycles. The fraction of sp³-hybridized carbons (Fsp3) is 0.333. The van der Waals surface area contributed by atoms with Crippen LogP contribution in [0.3, 0.4) is 0 Å². The van der Waals surface area contributed by atoms with Crippen LogP contribution in [0.1, 0.15) is 30.6 Å². The Balaban J connectivity index is 2.25. The summed E-state index contributed by atoms with van der Waals surface area (Å²) in [5, 5.41) is 4.15. The van der Waals surface area contributed by atoms with E-state index in [4.69, 9.17) is 10.5 Å². The molecule has 0 saturated heterocycles. The number of hydrogen-bond donors (Lipinski definition) is 1. The smallest absolute Gasteiger partial charge is 0.140 e. The Kier molecular flexibility index (Phi) is 5.02. The van der Waals surface area contributed by atoms with Crippen molar-refractivity contribution in [3.63, 3.8) is 0 Å². The van der Waals surface area contributed by atoms with Crippen LogP contribution in [0.5, 0.6) is 5.75 Å². The molecule has 0 saturated carbocycles. The molecule has 2 aromatic rings. The maximum atomic E-state index is 6.20. The van der Waals surface area contributed by atoms with E-state index in [1.165, 1.54) is 5.56 Å². The van der Waals surface area contributed by atoms with Crippen molar-refractivity contribution in [1.82, 2.24) is 0 Å². The third kappa shape index (κ3) is 3.59. The van der Waals surface area contributed by atoms with Gasteiger partial charge in [-0.3, -0.25) is 0 Å². The zero-order valence-electron chi connectivity index (χ0n) is 11.1. The molecule has 0 aliphatic rings. The van der Waals surface area contributed by atoms with Crippen molar-refractivity contribution in [2.45, 2.75) is 32.4 Å². The van der Waals surface area contributed by atoms with E-state index in [1.54, 1.807) is 11.3 Å². The molecule has 19 heavy (non-hydrogen) atoms. The lowest BCUT2D eigenvalue weighted by Crippen LogP contribution is -2.31. The average molecular weight is 340 g/mol. The normalized spacial score (nSPS) is 14.1. The number of ether oxygens (including phenoxy) is 1. The van der Waals surface area contributed by atoms with Gasteiger partial charge in [-0.25, -0.2) is 0 Å². The van der Waals surface area contributed by atoms with Crippen LogP contribution in [0.4, 0.5) is 0 Å². The van der Waals surface area contributed by atoms with Gasteiger partial charge in [0.2, 0.25) is 0 Å². The van der Waals surface area contributed by atoms with Gasteiger partial charge in [0.15, 0.2) is 0 Å². The largest absolute Gasteiger partial charge is 0.483 e. The SMILES string of the molecule is CCC(N)C(Oc1ccc(C)cc1Br)c1ccsc1. The van der Waals surface area contributed by atoms with E-state index in [9.17, 15) is 0 Å². The van der Waals surface area contributed by atoms with Gasteiger partial charge >= 0.3 is 0 Å². The molecule has 0 amide bonds. The van der Waals surface area contributed by atoms with E-state index in [2.05, 4.69) is 52.7 Å². The summed E-state index contributed by atoms with van der Waals surface area (Å²) in [6.07, 6.45) is 0.777. The lowest BCUT2D eigenvalue weighted by molar-refractivity contribution is 0.170. The molecule has 2 rings (SSSR count). The lowest BCUT2D eigenvalue weighted by Gasteiger charge is -2.24. The van der Waals surface area contributed by atoms with Crippen molar-refractivity contribution in [2.24, 2.45) is 5.73 Å². The zero-order valence-corrected chi connectivity index (χ0v) is 13.5. The molecular formula is C15H18BrNOS. The zero-order chi connectivity index (χ0) is 13.8. The molecule has 102 valence electrons. The first-order chi connectivity index (χ1) is 9.11. The number of thiophene rings is 1. The quantitative estimate of drug-likeness (QED) is 0.858. The van der Waals surface area contributed by atoms with E-state index in [0.29, 0.717) is 0 Å². The second-order valence-corrected chi connectivity index (χ2v) is 6.24. The van der Waals surface area contributed by atoms with Gasteiger partial charge in [0.1, 0.15) is 11.9 Å². The monoisotopic (exact) mass is 339 g/mol. The minimum atomic E-state index is -0.102. The molecule has 2 nitrogen and oxygen atoms in total. The summed E-state index contributed by atoms with van der Waals surface area (Å²) < 4.78 is 7.10. The van der Waals surface area contributed by atoms with E-state index in [-0.39, 0.29) is 12.1 Å². The van der Waals surface area contributed by atoms with Crippen LogP contribution in [-0.2, 0) is 0 Å². The summed E-state index contributed by atoms with van der Waals surface area (Å²) in [5.74, 6) is 0.839. The van der Waals surface area contributed by atoms with Crippen molar-refractivity contribution in [3.8, 4) is 5.75 Å². The molecule has 0 bridgehead atoms. The highest BCUT2D eigenvalue weighted by atomic mass is 79.9. The fourth-order valence-electron chi connectivity index (χ4n) is 1.89. The van der Waals surface area contributed by atoms with Crippen molar-refractivity contribution in [1.29, 1.82) is 0 Å². The van der Waals surface area contributed by atoms with Crippen molar-refractivity contribution in [3.05, 3.63) is 50.6 Å². The van der Waals surface area contributed by atoms with Crippen LogP contribution in [-0.4, -0.2) is 6.04 Å². The summed E-state index contributed by atoms with van der Waals surface area (Å²) in [6, 6.07) is 8.15. The number of benzene rings is 1. The Labute approximate surface area is 126 Å². The van der Waals surface area contributed by atoms with Crippen LogP contribution in [0.15, 0.2) is 39.5 Å². The first kappa shape index (κ1) is 14.6. The van der Waals surface area contributed by atoms with Gasteiger partial charge in [-0.1, -0.05) is 13.0 Å². The van der Waals surface area contributed by atoms with Crippen LogP contribution >= 0.6 is 27.3 Å². The van der Waals surface area contributed by atoms with Gasteiger partial charge in [0.25, 0.3) is 0 Å². The van der Waals surface area contributed by atoms with Gasteiger partial charge in [0, 0.05) is 11.6 Å². The fourth-order valence-corrected chi connectivity index (χ4v) is 3.16. The summed E-state index contributed by atoms with van der Waals surface area (Å²) in [4.78, 5) is 0. The Morgan fingerprint density at radius 1 is 1.37 bits per heavy atom. The van der Waals surface area contributed by atoms with Gasteiger partial charge in [-0.2, -0.15) is 11.3 Å². The minimum absolute atomic E-state index is 0.0113. The highest BCUT2D eigenvalue weighted by Crippen LogP contribution is 2.32. The van der Waals surface area contributed by atoms with Gasteiger partial charge in [-0.15, -0.1) is 0 Å². The molecule has 2 N–H and O–H groups in total. The summed E-state index contributed by atoms with van der Waals surface area (Å²) in [6.45, 7) is 4.14. The molecule has 0 radical (unpaired) electrons. The molecule has 2 unspecified atom stereocenters. The van der Waals surface area contributed by atoms with E-state index < -0.39 is 0 Å². The Hall–Kier alpha value is -0.840. The Morgan fingerprint density at radius 3 is 2.74 bits per heavy atom. The van der Waals surface area contributed by atoms with Crippen molar-refractivity contribution < 1.29 is 4.74 Å². The number of rotatable bonds is 5. The highest BCUT2D eigenvalue weighted by Gasteiger charge is 2.21. The maximum absolute atomic E-state index is 6.20. The summed E-state index contributed by atoms with van der Waals surface area (Å²) in [5.41, 5.74) is 8.55. The Morgan fingerprint density at radius 2 is 2.16 bits per heavy atom. The Bertz CT molecular complexity index is 527. The van der Waals surface area contributed by atoms with E-state index in [0.717, 1.165) is 22.2 Å². The first-order valence-electron chi connectivity index (χ1n) is 6.32. The van der Waals surface area contributed by atoms with Crippen LogP contribution < -0.4 is 10.5 Å². The lowest BCUT2D eigenvalue weighted by atomic mass is 10.0. The molecule has 0 aliphatic heterocycles. The second-order valence-electron chi connectivity index (χ2n) is 4.60. The van der Waals surface area contributed by atoms with Gasteiger partial charge in [0.05, 0.1) is 4.47 Å². The van der Waals surface area contributed by atoms with E-state index in [1.807, 2.05) is 12.1 Å². The number of hydrogen-bond acceptors (Lipinski definition) is 3. The molecule has 4 heteroatoms. The number of nitrogens with two attached hydrogens (primary N) is 1. The number of halogens is 1. The average Bonchev–Trinajstić information content (AvgIpc) is 2.91.